The largest absolute Gasteiger partial charge is 0.497 e. The average molecular weight is 364 g/mol. The Balaban J connectivity index is 1.77. The van der Waals surface area contributed by atoms with Gasteiger partial charge in [0.1, 0.15) is 11.9 Å². The van der Waals surface area contributed by atoms with Crippen LogP contribution in [0.2, 0.25) is 0 Å². The predicted octanol–water partition coefficient (Wildman–Crippen LogP) is 1.14. The van der Waals surface area contributed by atoms with Crippen molar-refractivity contribution in [2.75, 3.05) is 13.7 Å². The Morgan fingerprint density at radius 2 is 1.96 bits per heavy atom. The summed E-state index contributed by atoms with van der Waals surface area (Å²) in [7, 11) is 1.61. The van der Waals surface area contributed by atoms with Gasteiger partial charge in [0.2, 0.25) is 11.8 Å². The second-order valence-electron chi connectivity index (χ2n) is 6.41. The Hall–Kier alpha value is -2.12. The molecule has 1 heterocycles. The predicted molar refractivity (Wildman–Crippen MR) is 96.7 cm³/mol. The Morgan fingerprint density at radius 3 is 2.58 bits per heavy atom. The van der Waals surface area contributed by atoms with E-state index in [2.05, 4.69) is 10.6 Å². The summed E-state index contributed by atoms with van der Waals surface area (Å²) in [4.78, 5) is 23.7. The number of rotatable bonds is 8. The standard InChI is InChI=1S/C19H28N2O5/c1-3-18(23)21-16-9-8-15(26-17(16)12-22)10-19(24)20-11-13-4-6-14(25-2)7-5-13/h4-7,15-17,22H,3,8-12H2,1-2H3,(H,20,24)(H,21,23)/t15-,16-,17+/m0/s1. The summed E-state index contributed by atoms with van der Waals surface area (Å²) in [5.74, 6) is 0.613. The molecule has 7 heteroatoms. The number of carbonyl (C=O) groups is 2. The molecule has 1 aliphatic rings. The third kappa shape index (κ3) is 6.00. The number of ether oxygens (including phenoxy) is 2. The van der Waals surface area contributed by atoms with E-state index in [9.17, 15) is 14.7 Å². The molecule has 0 bridgehead atoms. The van der Waals surface area contributed by atoms with Gasteiger partial charge in [0.15, 0.2) is 0 Å². The van der Waals surface area contributed by atoms with Crippen LogP contribution in [0.5, 0.6) is 5.75 Å². The minimum absolute atomic E-state index is 0.0623. The summed E-state index contributed by atoms with van der Waals surface area (Å²) in [6.45, 7) is 2.04. The van der Waals surface area contributed by atoms with Gasteiger partial charge in [-0.25, -0.2) is 0 Å². The van der Waals surface area contributed by atoms with Crippen LogP contribution in [0.3, 0.4) is 0 Å². The first kappa shape index (κ1) is 20.2. The third-order valence-corrected chi connectivity index (χ3v) is 4.52. The summed E-state index contributed by atoms with van der Waals surface area (Å²) in [6.07, 6.45) is 1.26. The van der Waals surface area contributed by atoms with Crippen LogP contribution in [0.25, 0.3) is 0 Å². The molecule has 1 aromatic rings. The first-order chi connectivity index (χ1) is 12.5. The Bertz CT molecular complexity index is 590. The van der Waals surface area contributed by atoms with Gasteiger partial charge in [-0.15, -0.1) is 0 Å². The second kappa shape index (κ2) is 10.1. The van der Waals surface area contributed by atoms with E-state index in [1.807, 2.05) is 24.3 Å². The molecule has 1 fully saturated rings. The summed E-state index contributed by atoms with van der Waals surface area (Å²) < 4.78 is 10.9. The highest BCUT2D eigenvalue weighted by Gasteiger charge is 2.32. The fraction of sp³-hybridized carbons (Fsp3) is 0.579. The van der Waals surface area contributed by atoms with E-state index in [4.69, 9.17) is 9.47 Å². The van der Waals surface area contributed by atoms with Crippen molar-refractivity contribution in [2.45, 2.75) is 57.4 Å². The molecule has 7 nitrogen and oxygen atoms in total. The first-order valence-electron chi connectivity index (χ1n) is 9.01. The highest BCUT2D eigenvalue weighted by atomic mass is 16.5. The number of aliphatic hydroxyl groups is 1. The van der Waals surface area contributed by atoms with E-state index >= 15 is 0 Å². The molecule has 0 saturated carbocycles. The molecule has 1 saturated heterocycles. The number of methoxy groups -OCH3 is 1. The molecule has 26 heavy (non-hydrogen) atoms. The molecule has 3 atom stereocenters. The van der Waals surface area contributed by atoms with Gasteiger partial charge >= 0.3 is 0 Å². The molecule has 0 radical (unpaired) electrons. The molecule has 0 aromatic heterocycles. The van der Waals surface area contributed by atoms with Crippen LogP contribution < -0.4 is 15.4 Å². The molecular weight excluding hydrogens is 336 g/mol. The fourth-order valence-corrected chi connectivity index (χ4v) is 2.98. The van der Waals surface area contributed by atoms with Crippen LogP contribution in [-0.2, 0) is 20.9 Å². The highest BCUT2D eigenvalue weighted by molar-refractivity contribution is 5.76. The van der Waals surface area contributed by atoms with Crippen LogP contribution in [0, 0.1) is 0 Å². The molecule has 2 rings (SSSR count). The van der Waals surface area contributed by atoms with Crippen molar-refractivity contribution >= 4 is 11.8 Å². The maximum atomic E-state index is 12.2. The molecule has 1 aromatic carbocycles. The van der Waals surface area contributed by atoms with Crippen LogP contribution in [0.15, 0.2) is 24.3 Å². The number of hydrogen-bond acceptors (Lipinski definition) is 5. The van der Waals surface area contributed by atoms with Crippen LogP contribution in [-0.4, -0.2) is 48.9 Å². The van der Waals surface area contributed by atoms with Crippen molar-refractivity contribution in [3.8, 4) is 5.75 Å². The van der Waals surface area contributed by atoms with Crippen molar-refractivity contribution in [1.82, 2.24) is 10.6 Å². The SMILES string of the molecule is CCC(=O)N[C@H]1CC[C@@H](CC(=O)NCc2ccc(OC)cc2)O[C@@H]1CO. The second-order valence-corrected chi connectivity index (χ2v) is 6.41. The lowest BCUT2D eigenvalue weighted by molar-refractivity contribution is -0.135. The number of hydrogen-bond donors (Lipinski definition) is 3. The Morgan fingerprint density at radius 1 is 1.23 bits per heavy atom. The van der Waals surface area contributed by atoms with E-state index in [-0.39, 0.29) is 37.0 Å². The zero-order chi connectivity index (χ0) is 18.9. The zero-order valence-corrected chi connectivity index (χ0v) is 15.4. The minimum Gasteiger partial charge on any atom is -0.497 e. The average Bonchev–Trinajstić information content (AvgIpc) is 2.67. The van der Waals surface area contributed by atoms with E-state index < -0.39 is 6.10 Å². The molecule has 0 spiro atoms. The van der Waals surface area contributed by atoms with Crippen LogP contribution in [0.1, 0.15) is 38.2 Å². The number of amides is 2. The quantitative estimate of drug-likeness (QED) is 0.643. The number of aliphatic hydroxyl groups excluding tert-OH is 1. The van der Waals surface area contributed by atoms with Gasteiger partial charge in [-0.1, -0.05) is 19.1 Å². The van der Waals surface area contributed by atoms with Crippen molar-refractivity contribution in [1.29, 1.82) is 0 Å². The summed E-state index contributed by atoms with van der Waals surface area (Å²) in [5, 5.41) is 15.2. The van der Waals surface area contributed by atoms with Crippen molar-refractivity contribution in [3.05, 3.63) is 29.8 Å². The molecule has 0 aliphatic carbocycles. The lowest BCUT2D eigenvalue weighted by atomic mass is 9.96. The maximum Gasteiger partial charge on any atom is 0.222 e. The van der Waals surface area contributed by atoms with E-state index in [1.54, 1.807) is 14.0 Å². The van der Waals surface area contributed by atoms with E-state index in [0.29, 0.717) is 25.8 Å². The van der Waals surface area contributed by atoms with Crippen LogP contribution >= 0.6 is 0 Å². The summed E-state index contributed by atoms with van der Waals surface area (Å²) >= 11 is 0. The maximum absolute atomic E-state index is 12.2. The zero-order valence-electron chi connectivity index (χ0n) is 15.4. The van der Waals surface area contributed by atoms with Gasteiger partial charge in [-0.2, -0.15) is 0 Å². The van der Waals surface area contributed by atoms with Crippen LogP contribution in [0.4, 0.5) is 0 Å². The topological polar surface area (TPSA) is 96.9 Å². The number of benzene rings is 1. The van der Waals surface area contributed by atoms with E-state index in [0.717, 1.165) is 11.3 Å². The van der Waals surface area contributed by atoms with Crippen molar-refractivity contribution in [3.63, 3.8) is 0 Å². The smallest absolute Gasteiger partial charge is 0.222 e. The summed E-state index contributed by atoms with van der Waals surface area (Å²) in [5.41, 5.74) is 0.985. The Kier molecular flexibility index (Phi) is 7.87. The normalized spacial score (nSPS) is 22.5. The molecule has 144 valence electrons. The number of nitrogens with one attached hydrogen (secondary N) is 2. The lowest BCUT2D eigenvalue weighted by Crippen LogP contribution is -2.51. The van der Waals surface area contributed by atoms with Gasteiger partial charge in [0.05, 0.1) is 32.3 Å². The molecule has 0 unspecified atom stereocenters. The lowest BCUT2D eigenvalue weighted by Gasteiger charge is -2.36. The monoisotopic (exact) mass is 364 g/mol. The first-order valence-corrected chi connectivity index (χ1v) is 9.01. The minimum atomic E-state index is -0.473. The molecule has 3 N–H and O–H groups in total. The van der Waals surface area contributed by atoms with Gasteiger partial charge in [-0.3, -0.25) is 9.59 Å². The van der Waals surface area contributed by atoms with Crippen molar-refractivity contribution in [2.24, 2.45) is 0 Å². The fourth-order valence-electron chi connectivity index (χ4n) is 2.98. The van der Waals surface area contributed by atoms with E-state index in [1.165, 1.54) is 0 Å². The highest BCUT2D eigenvalue weighted by Crippen LogP contribution is 2.22. The van der Waals surface area contributed by atoms with Gasteiger partial charge in [0.25, 0.3) is 0 Å². The molecule has 1 aliphatic heterocycles. The van der Waals surface area contributed by atoms with Gasteiger partial charge < -0.3 is 25.2 Å². The Labute approximate surface area is 154 Å². The molecular formula is C19H28N2O5. The van der Waals surface area contributed by atoms with Gasteiger partial charge in [0, 0.05) is 13.0 Å². The number of carbonyl (C=O) groups excluding carboxylic acids is 2. The molecule has 2 amide bonds. The van der Waals surface area contributed by atoms with Crippen molar-refractivity contribution < 1.29 is 24.2 Å². The van der Waals surface area contributed by atoms with Gasteiger partial charge in [-0.05, 0) is 30.5 Å². The summed E-state index contributed by atoms with van der Waals surface area (Å²) in [6, 6.07) is 7.30. The third-order valence-electron chi connectivity index (χ3n) is 4.52.